The Morgan fingerprint density at radius 3 is 2.28 bits per heavy atom. The summed E-state index contributed by atoms with van der Waals surface area (Å²) in [4.78, 5) is 0. The van der Waals surface area contributed by atoms with Crippen LogP contribution < -0.4 is 4.74 Å². The Labute approximate surface area is 119 Å². The first-order valence-corrected chi connectivity index (χ1v) is 7.93. The van der Waals surface area contributed by atoms with Gasteiger partial charge in [0.25, 0.3) is 0 Å². The largest absolute Gasteiger partial charge is 0.493 e. The molecule has 0 radical (unpaired) electrons. The van der Waals surface area contributed by atoms with Crippen molar-refractivity contribution in [2.24, 2.45) is 5.41 Å². The van der Waals surface area contributed by atoms with E-state index in [1.54, 1.807) is 0 Å². The highest BCUT2D eigenvalue weighted by Crippen LogP contribution is 2.47. The van der Waals surface area contributed by atoms with Crippen molar-refractivity contribution in [2.75, 3.05) is 11.9 Å². The lowest BCUT2D eigenvalue weighted by Gasteiger charge is -2.23. The summed E-state index contributed by atoms with van der Waals surface area (Å²) in [6.45, 7) is 7.64. The standard InChI is InChI=1S/C16H23BrO/c1-4-15(2,3)13-5-7-14(8-6-13)18-12-16(11-17)9-10-16/h5-8H,4,9-12H2,1-3H3. The molecule has 2 rings (SSSR count). The number of halogens is 1. The van der Waals surface area contributed by atoms with Crippen molar-refractivity contribution in [3.63, 3.8) is 0 Å². The van der Waals surface area contributed by atoms with Crippen LogP contribution >= 0.6 is 15.9 Å². The zero-order chi connectivity index (χ0) is 13.2. The van der Waals surface area contributed by atoms with Crippen LogP contribution in [0.15, 0.2) is 24.3 Å². The molecule has 0 bridgehead atoms. The molecule has 0 unspecified atom stereocenters. The Hall–Kier alpha value is -0.500. The topological polar surface area (TPSA) is 9.23 Å². The second-order valence-electron chi connectivity index (χ2n) is 6.18. The SMILES string of the molecule is CCC(C)(C)c1ccc(OCC2(CBr)CC2)cc1. The first-order chi connectivity index (χ1) is 8.51. The van der Waals surface area contributed by atoms with Gasteiger partial charge in [-0.25, -0.2) is 0 Å². The molecule has 0 saturated heterocycles. The molecule has 1 fully saturated rings. The normalized spacial score (nSPS) is 17.6. The molecule has 1 aliphatic rings. The van der Waals surface area contributed by atoms with Gasteiger partial charge in [-0.2, -0.15) is 0 Å². The third-order valence-corrected chi connectivity index (χ3v) is 5.49. The zero-order valence-electron chi connectivity index (χ0n) is 11.6. The maximum atomic E-state index is 5.90. The summed E-state index contributed by atoms with van der Waals surface area (Å²) in [5.41, 5.74) is 2.06. The Balaban J connectivity index is 1.96. The van der Waals surface area contributed by atoms with E-state index in [1.165, 1.54) is 18.4 Å². The monoisotopic (exact) mass is 310 g/mol. The predicted molar refractivity (Wildman–Crippen MR) is 80.7 cm³/mol. The lowest BCUT2D eigenvalue weighted by molar-refractivity contribution is 0.251. The fourth-order valence-electron chi connectivity index (χ4n) is 1.94. The van der Waals surface area contributed by atoms with Gasteiger partial charge in [-0.15, -0.1) is 0 Å². The smallest absolute Gasteiger partial charge is 0.119 e. The van der Waals surface area contributed by atoms with Gasteiger partial charge in [-0.1, -0.05) is 48.8 Å². The van der Waals surface area contributed by atoms with Crippen LogP contribution in [0.1, 0.15) is 45.6 Å². The molecule has 0 atom stereocenters. The van der Waals surface area contributed by atoms with E-state index in [-0.39, 0.29) is 5.41 Å². The van der Waals surface area contributed by atoms with Gasteiger partial charge in [0.1, 0.15) is 5.75 Å². The summed E-state index contributed by atoms with van der Waals surface area (Å²) in [6, 6.07) is 8.62. The van der Waals surface area contributed by atoms with Crippen LogP contribution in [0.2, 0.25) is 0 Å². The molecular weight excluding hydrogens is 288 g/mol. The van der Waals surface area contributed by atoms with Gasteiger partial charge in [0.05, 0.1) is 6.61 Å². The molecule has 0 N–H and O–H groups in total. The Kier molecular flexibility index (Phi) is 4.05. The highest BCUT2D eigenvalue weighted by atomic mass is 79.9. The van der Waals surface area contributed by atoms with Gasteiger partial charge in [0.2, 0.25) is 0 Å². The van der Waals surface area contributed by atoms with Gasteiger partial charge in [0, 0.05) is 10.7 Å². The van der Waals surface area contributed by atoms with E-state index in [4.69, 9.17) is 4.74 Å². The van der Waals surface area contributed by atoms with Crippen molar-refractivity contribution in [2.45, 2.75) is 45.4 Å². The molecule has 1 saturated carbocycles. The minimum absolute atomic E-state index is 0.256. The number of rotatable bonds is 6. The predicted octanol–water partition coefficient (Wildman–Crippen LogP) is 4.93. The molecule has 1 aromatic rings. The third-order valence-electron chi connectivity index (χ3n) is 4.31. The average Bonchev–Trinajstić information content (AvgIpc) is 3.18. The highest BCUT2D eigenvalue weighted by molar-refractivity contribution is 9.09. The first-order valence-electron chi connectivity index (χ1n) is 6.81. The van der Waals surface area contributed by atoms with Gasteiger partial charge in [-0.05, 0) is 42.4 Å². The molecule has 1 nitrogen and oxygen atoms in total. The fourth-order valence-corrected chi connectivity index (χ4v) is 2.66. The fraction of sp³-hybridized carbons (Fsp3) is 0.625. The Morgan fingerprint density at radius 1 is 1.22 bits per heavy atom. The average molecular weight is 311 g/mol. The second-order valence-corrected chi connectivity index (χ2v) is 6.74. The lowest BCUT2D eigenvalue weighted by atomic mass is 9.82. The van der Waals surface area contributed by atoms with E-state index < -0.39 is 0 Å². The highest BCUT2D eigenvalue weighted by Gasteiger charge is 2.42. The van der Waals surface area contributed by atoms with Crippen molar-refractivity contribution in [3.05, 3.63) is 29.8 Å². The number of benzene rings is 1. The first kappa shape index (κ1) is 13.9. The van der Waals surface area contributed by atoms with E-state index in [0.717, 1.165) is 24.1 Å². The van der Waals surface area contributed by atoms with Crippen molar-refractivity contribution in [1.29, 1.82) is 0 Å². The van der Waals surface area contributed by atoms with Crippen LogP contribution in [0, 0.1) is 5.41 Å². The van der Waals surface area contributed by atoms with E-state index in [1.807, 2.05) is 0 Å². The van der Waals surface area contributed by atoms with Gasteiger partial charge in [0.15, 0.2) is 0 Å². The summed E-state index contributed by atoms with van der Waals surface area (Å²) in [5.74, 6) is 0.998. The van der Waals surface area contributed by atoms with Crippen LogP contribution in [0.4, 0.5) is 0 Å². The molecule has 0 aromatic heterocycles. The number of alkyl halides is 1. The van der Waals surface area contributed by atoms with Crippen molar-refractivity contribution < 1.29 is 4.74 Å². The molecular formula is C16H23BrO. The Bertz CT molecular complexity index is 390. The zero-order valence-corrected chi connectivity index (χ0v) is 13.2. The maximum absolute atomic E-state index is 5.90. The quantitative estimate of drug-likeness (QED) is 0.677. The molecule has 0 spiro atoms. The van der Waals surface area contributed by atoms with E-state index >= 15 is 0 Å². The lowest BCUT2D eigenvalue weighted by Crippen LogP contribution is -2.16. The van der Waals surface area contributed by atoms with E-state index in [0.29, 0.717) is 5.41 Å². The summed E-state index contributed by atoms with van der Waals surface area (Å²) < 4.78 is 5.90. The van der Waals surface area contributed by atoms with Crippen LogP contribution in [-0.2, 0) is 5.41 Å². The minimum Gasteiger partial charge on any atom is -0.493 e. The molecule has 0 amide bonds. The maximum Gasteiger partial charge on any atom is 0.119 e. The minimum atomic E-state index is 0.256. The molecule has 2 heteroatoms. The van der Waals surface area contributed by atoms with Crippen LogP contribution in [-0.4, -0.2) is 11.9 Å². The van der Waals surface area contributed by atoms with Crippen molar-refractivity contribution >= 4 is 15.9 Å². The van der Waals surface area contributed by atoms with E-state index in [9.17, 15) is 0 Å². The molecule has 1 aromatic carbocycles. The summed E-state index contributed by atoms with van der Waals surface area (Å²) >= 11 is 3.57. The molecule has 100 valence electrons. The van der Waals surface area contributed by atoms with Crippen molar-refractivity contribution in [1.82, 2.24) is 0 Å². The number of ether oxygens (including phenoxy) is 1. The second kappa shape index (κ2) is 5.24. The van der Waals surface area contributed by atoms with Crippen LogP contribution in [0.3, 0.4) is 0 Å². The van der Waals surface area contributed by atoms with Crippen LogP contribution in [0.25, 0.3) is 0 Å². The van der Waals surface area contributed by atoms with E-state index in [2.05, 4.69) is 61.0 Å². The molecule has 1 aliphatic carbocycles. The van der Waals surface area contributed by atoms with Crippen LogP contribution in [0.5, 0.6) is 5.75 Å². The molecule has 0 heterocycles. The summed E-state index contributed by atoms with van der Waals surface area (Å²) in [7, 11) is 0. The van der Waals surface area contributed by atoms with Gasteiger partial charge >= 0.3 is 0 Å². The molecule has 0 aliphatic heterocycles. The number of hydrogen-bond acceptors (Lipinski definition) is 1. The summed E-state index contributed by atoms with van der Waals surface area (Å²) in [6.07, 6.45) is 3.73. The number of hydrogen-bond donors (Lipinski definition) is 0. The summed E-state index contributed by atoms with van der Waals surface area (Å²) in [5, 5.41) is 1.06. The van der Waals surface area contributed by atoms with Gasteiger partial charge in [-0.3, -0.25) is 0 Å². The third kappa shape index (κ3) is 3.09. The molecule has 18 heavy (non-hydrogen) atoms. The Morgan fingerprint density at radius 2 is 1.83 bits per heavy atom. The van der Waals surface area contributed by atoms with Gasteiger partial charge < -0.3 is 4.74 Å². The van der Waals surface area contributed by atoms with Crippen molar-refractivity contribution in [3.8, 4) is 5.75 Å².